The molecule has 9 aromatic carbocycles. The summed E-state index contributed by atoms with van der Waals surface area (Å²) >= 11 is 1.64. The molecule has 12 rings (SSSR count). The van der Waals surface area contributed by atoms with E-state index >= 15 is 0 Å². The molecule has 0 spiro atoms. The highest BCUT2D eigenvalue weighted by Gasteiger charge is 2.18. The summed E-state index contributed by atoms with van der Waals surface area (Å²) in [6, 6.07) is 56.7. The van der Waals surface area contributed by atoms with Crippen LogP contribution >= 0.6 is 11.3 Å². The largest absolute Gasteiger partial charge is 0.309 e. The minimum Gasteiger partial charge on any atom is -0.309 e. The maximum absolute atomic E-state index is 8.79. The van der Waals surface area contributed by atoms with Crippen molar-refractivity contribution in [2.75, 3.05) is 0 Å². The molecule has 0 N–H and O–H groups in total. The molecule has 0 atom stereocenters. The fourth-order valence-corrected chi connectivity index (χ4v) is 9.91. The molecule has 12 aromatic rings. The standard InChI is InChI=1S/C52H32N2S/c1-2-12-34(13-3-1)39-19-11-23-51-52(39)44-32-37(26-29-50(44)55-51)53-46-20-8-6-17-40(46)42-30-35(24-27-48(42)53)36-25-28-49-43(31-36)41-18-7-9-21-47(41)54(49)45-22-10-15-33-14-4-5-16-38(33)45/h1-32H/i1D,2D,3D,12D,13D. The number of fused-ring (bicyclic) bond motifs is 10. The molecule has 0 aliphatic heterocycles. The number of aromatic nitrogens is 2. The summed E-state index contributed by atoms with van der Waals surface area (Å²) in [5.41, 5.74) is 9.80. The van der Waals surface area contributed by atoms with E-state index in [1.165, 1.54) is 38.3 Å². The van der Waals surface area contributed by atoms with Crippen LogP contribution in [0.25, 0.3) is 108 Å². The highest BCUT2D eigenvalue weighted by molar-refractivity contribution is 7.26. The van der Waals surface area contributed by atoms with Crippen molar-refractivity contribution in [2.45, 2.75) is 0 Å². The third-order valence-corrected chi connectivity index (χ3v) is 12.3. The van der Waals surface area contributed by atoms with Gasteiger partial charge in [-0.1, -0.05) is 127 Å². The van der Waals surface area contributed by atoms with E-state index in [-0.39, 0.29) is 29.7 Å². The van der Waals surface area contributed by atoms with E-state index in [1.54, 1.807) is 11.3 Å². The lowest BCUT2D eigenvalue weighted by atomic mass is 9.99. The monoisotopic (exact) mass is 721 g/mol. The maximum Gasteiger partial charge on any atom is 0.0629 e. The van der Waals surface area contributed by atoms with Crippen molar-refractivity contribution in [3.05, 3.63) is 194 Å². The second kappa shape index (κ2) is 11.8. The number of hydrogen-bond acceptors (Lipinski definition) is 1. The van der Waals surface area contributed by atoms with Crippen molar-refractivity contribution >= 4 is 85.9 Å². The van der Waals surface area contributed by atoms with Crippen LogP contribution in [0.1, 0.15) is 6.85 Å². The van der Waals surface area contributed by atoms with E-state index in [0.29, 0.717) is 5.56 Å². The summed E-state index contributed by atoms with van der Waals surface area (Å²) < 4.78 is 49.3. The summed E-state index contributed by atoms with van der Waals surface area (Å²) in [5.74, 6) is 0. The van der Waals surface area contributed by atoms with Crippen LogP contribution in [-0.4, -0.2) is 9.13 Å². The zero-order valence-electron chi connectivity index (χ0n) is 34.4. The lowest BCUT2D eigenvalue weighted by Gasteiger charge is -2.12. The Morgan fingerprint density at radius 3 is 1.78 bits per heavy atom. The van der Waals surface area contributed by atoms with Crippen LogP contribution < -0.4 is 0 Å². The average Bonchev–Trinajstić information content (AvgIpc) is 3.94. The van der Waals surface area contributed by atoms with Gasteiger partial charge in [0.25, 0.3) is 0 Å². The summed E-state index contributed by atoms with van der Waals surface area (Å²) in [5, 5.41) is 9.02. The first-order valence-corrected chi connectivity index (χ1v) is 19.3. The van der Waals surface area contributed by atoms with E-state index in [1.807, 2.05) is 18.2 Å². The molecule has 3 heterocycles. The number of thiophene rings is 1. The molecule has 0 bridgehead atoms. The summed E-state index contributed by atoms with van der Waals surface area (Å²) in [7, 11) is 0. The fourth-order valence-electron chi connectivity index (χ4n) is 8.79. The van der Waals surface area contributed by atoms with Gasteiger partial charge in [0.1, 0.15) is 0 Å². The molecule has 3 aromatic heterocycles. The second-order valence-electron chi connectivity index (χ2n) is 14.1. The predicted molar refractivity (Wildman–Crippen MR) is 236 cm³/mol. The minimum absolute atomic E-state index is 0.197. The molecule has 3 heteroatoms. The van der Waals surface area contributed by atoms with Gasteiger partial charge in [-0.15, -0.1) is 11.3 Å². The Labute approximate surface area is 328 Å². The topological polar surface area (TPSA) is 9.86 Å². The van der Waals surface area contributed by atoms with Gasteiger partial charge in [-0.25, -0.2) is 0 Å². The fraction of sp³-hybridized carbons (Fsp3) is 0. The number of rotatable bonds is 4. The molecular formula is C52H32N2S. The van der Waals surface area contributed by atoms with Crippen LogP contribution in [0.15, 0.2) is 194 Å². The van der Waals surface area contributed by atoms with Crippen molar-refractivity contribution in [3.63, 3.8) is 0 Å². The van der Waals surface area contributed by atoms with E-state index in [0.717, 1.165) is 58.8 Å². The second-order valence-corrected chi connectivity index (χ2v) is 15.2. The van der Waals surface area contributed by atoms with Gasteiger partial charge in [0.05, 0.1) is 34.6 Å². The van der Waals surface area contributed by atoms with E-state index in [2.05, 4.69) is 155 Å². The Morgan fingerprint density at radius 1 is 0.400 bits per heavy atom. The molecule has 0 saturated carbocycles. The summed E-state index contributed by atoms with van der Waals surface area (Å²) in [6.07, 6.45) is 0. The van der Waals surface area contributed by atoms with Gasteiger partial charge in [0, 0.05) is 52.8 Å². The van der Waals surface area contributed by atoms with Crippen LogP contribution in [0.4, 0.5) is 0 Å². The Balaban J connectivity index is 1.03. The van der Waals surface area contributed by atoms with E-state index in [9.17, 15) is 0 Å². The van der Waals surface area contributed by atoms with Gasteiger partial charge in [-0.05, 0) is 94.4 Å². The number of hydrogen-bond donors (Lipinski definition) is 0. The van der Waals surface area contributed by atoms with Gasteiger partial charge in [0.15, 0.2) is 0 Å². The Bertz CT molecular complexity index is 3770. The molecule has 0 radical (unpaired) electrons. The zero-order valence-corrected chi connectivity index (χ0v) is 30.2. The third-order valence-electron chi connectivity index (χ3n) is 11.2. The van der Waals surface area contributed by atoms with Gasteiger partial charge in [-0.2, -0.15) is 0 Å². The molecule has 256 valence electrons. The minimum atomic E-state index is -0.391. The molecule has 0 aliphatic carbocycles. The highest BCUT2D eigenvalue weighted by Crippen LogP contribution is 2.43. The van der Waals surface area contributed by atoms with E-state index in [4.69, 9.17) is 6.85 Å². The van der Waals surface area contributed by atoms with E-state index < -0.39 is 6.04 Å². The summed E-state index contributed by atoms with van der Waals surface area (Å²) in [6.45, 7) is 0. The Kier molecular flexibility index (Phi) is 5.56. The van der Waals surface area contributed by atoms with Crippen LogP contribution in [0.5, 0.6) is 0 Å². The van der Waals surface area contributed by atoms with Crippen molar-refractivity contribution < 1.29 is 6.85 Å². The number of nitrogens with zero attached hydrogens (tertiary/aromatic N) is 2. The number of benzene rings is 9. The molecule has 0 unspecified atom stereocenters. The van der Waals surface area contributed by atoms with Crippen molar-refractivity contribution in [1.29, 1.82) is 0 Å². The molecule has 0 aliphatic rings. The van der Waals surface area contributed by atoms with Gasteiger partial charge in [0.2, 0.25) is 0 Å². The van der Waals surface area contributed by atoms with Crippen LogP contribution in [-0.2, 0) is 0 Å². The Hall–Kier alpha value is -6.94. The normalized spacial score (nSPS) is 13.3. The van der Waals surface area contributed by atoms with Crippen LogP contribution in [0, 0.1) is 0 Å². The van der Waals surface area contributed by atoms with Gasteiger partial charge >= 0.3 is 0 Å². The number of para-hydroxylation sites is 2. The average molecular weight is 722 g/mol. The molecule has 0 amide bonds. The molecule has 0 fully saturated rings. The maximum atomic E-state index is 8.79. The van der Waals surface area contributed by atoms with Gasteiger partial charge < -0.3 is 9.13 Å². The first-order chi connectivity index (χ1) is 29.4. The Morgan fingerprint density at radius 2 is 1.02 bits per heavy atom. The summed E-state index contributed by atoms with van der Waals surface area (Å²) in [4.78, 5) is 0. The first kappa shape index (κ1) is 25.9. The zero-order chi connectivity index (χ0) is 40.4. The van der Waals surface area contributed by atoms with Crippen molar-refractivity contribution in [3.8, 4) is 33.6 Å². The smallest absolute Gasteiger partial charge is 0.0629 e. The lowest BCUT2D eigenvalue weighted by molar-refractivity contribution is 1.19. The predicted octanol–water partition coefficient (Wildman–Crippen LogP) is 14.7. The van der Waals surface area contributed by atoms with Crippen molar-refractivity contribution in [1.82, 2.24) is 9.13 Å². The SMILES string of the molecule is [2H]c1c([2H])c([2H])c(-c2cccc3sc4ccc(-n5c6ccccc6c6cc(-c7ccc8c(c7)c7ccccc7n8-c7cccc8ccccc78)ccc65)cc4c23)c([2H])c1[2H]. The molecule has 0 saturated heterocycles. The third kappa shape index (κ3) is 4.54. The lowest BCUT2D eigenvalue weighted by Crippen LogP contribution is -1.95. The van der Waals surface area contributed by atoms with Gasteiger partial charge in [-0.3, -0.25) is 0 Å². The molecule has 2 nitrogen and oxygen atoms in total. The first-order valence-electron chi connectivity index (χ1n) is 20.9. The van der Waals surface area contributed by atoms with Crippen molar-refractivity contribution in [2.24, 2.45) is 0 Å². The molecular weight excluding hydrogens is 685 g/mol. The van der Waals surface area contributed by atoms with Crippen LogP contribution in [0.2, 0.25) is 0 Å². The highest BCUT2D eigenvalue weighted by atomic mass is 32.1. The molecule has 55 heavy (non-hydrogen) atoms. The van der Waals surface area contributed by atoms with Crippen LogP contribution in [0.3, 0.4) is 0 Å². The quantitative estimate of drug-likeness (QED) is 0.171.